The number of fused-ring (bicyclic) bond motifs is 3. The quantitative estimate of drug-likeness (QED) is 0.575. The predicted molar refractivity (Wildman–Crippen MR) is 60.8 cm³/mol. The Morgan fingerprint density at radius 2 is 2.20 bits per heavy atom. The van der Waals surface area contributed by atoms with Crippen LogP contribution in [0.1, 0.15) is 0 Å². The third-order valence-electron chi connectivity index (χ3n) is 2.39. The molecule has 1 aliphatic rings. The van der Waals surface area contributed by atoms with Crippen LogP contribution in [-0.2, 0) is 0 Å². The monoisotopic (exact) mass is 213 g/mol. The molecule has 0 spiro atoms. The van der Waals surface area contributed by atoms with Crippen molar-refractivity contribution in [1.29, 1.82) is 0 Å². The molecule has 2 heterocycles. The van der Waals surface area contributed by atoms with Gasteiger partial charge >= 0.3 is 0 Å². The molecule has 0 bridgehead atoms. The van der Waals surface area contributed by atoms with Crippen LogP contribution in [0.2, 0.25) is 0 Å². The molecule has 0 aliphatic carbocycles. The highest BCUT2D eigenvalue weighted by Crippen LogP contribution is 2.29. The molecule has 0 unspecified atom stereocenters. The Morgan fingerprint density at radius 1 is 1.33 bits per heavy atom. The van der Waals surface area contributed by atoms with Gasteiger partial charge in [0.05, 0.1) is 17.4 Å². The van der Waals surface area contributed by atoms with Crippen molar-refractivity contribution >= 4 is 24.5 Å². The lowest BCUT2D eigenvalue weighted by Crippen LogP contribution is -2.07. The van der Waals surface area contributed by atoms with Crippen molar-refractivity contribution < 1.29 is 0 Å². The standard InChI is InChI=1S/C11H7N3S/c1-6-2-3-8-7(4-6)9-10(14-8)11(15)13-5-12-9/h2-5H,1H2,(H,12,13,15). The minimum Gasteiger partial charge on any atom is -0.344 e. The Morgan fingerprint density at radius 3 is 3.07 bits per heavy atom. The highest BCUT2D eigenvalue weighted by atomic mass is 32.1. The molecule has 1 aromatic carbocycles. The average molecular weight is 213 g/mol. The van der Waals surface area contributed by atoms with Crippen LogP contribution in [0, 0.1) is 4.64 Å². The molecule has 1 aliphatic heterocycles. The van der Waals surface area contributed by atoms with E-state index in [4.69, 9.17) is 12.2 Å². The molecule has 3 nitrogen and oxygen atoms in total. The van der Waals surface area contributed by atoms with Gasteiger partial charge in [-0.25, -0.2) is 9.98 Å². The van der Waals surface area contributed by atoms with Gasteiger partial charge in [0.2, 0.25) is 0 Å². The first-order valence-electron chi connectivity index (χ1n) is 4.51. The van der Waals surface area contributed by atoms with Crippen molar-refractivity contribution in [2.75, 3.05) is 0 Å². The molecule has 1 aromatic heterocycles. The van der Waals surface area contributed by atoms with E-state index in [0.29, 0.717) is 4.64 Å². The first-order chi connectivity index (χ1) is 7.25. The van der Waals surface area contributed by atoms with E-state index < -0.39 is 0 Å². The van der Waals surface area contributed by atoms with E-state index in [1.807, 2.05) is 18.2 Å². The normalized spacial score (nSPS) is 11.7. The van der Waals surface area contributed by atoms with Crippen LogP contribution in [0.5, 0.6) is 0 Å². The molecular formula is C11H7N3S. The molecule has 0 atom stereocenters. The van der Waals surface area contributed by atoms with E-state index in [0.717, 1.165) is 27.5 Å². The second-order valence-electron chi connectivity index (χ2n) is 3.39. The van der Waals surface area contributed by atoms with Crippen molar-refractivity contribution in [3.8, 4) is 11.3 Å². The number of hydrogen-bond donors (Lipinski definition) is 1. The van der Waals surface area contributed by atoms with Crippen LogP contribution in [0.15, 0.2) is 29.5 Å². The van der Waals surface area contributed by atoms with E-state index >= 15 is 0 Å². The van der Waals surface area contributed by atoms with E-state index in [1.54, 1.807) is 6.33 Å². The van der Waals surface area contributed by atoms with E-state index in [1.165, 1.54) is 0 Å². The van der Waals surface area contributed by atoms with Gasteiger partial charge in [-0.1, -0.05) is 24.9 Å². The number of aromatic amines is 1. The van der Waals surface area contributed by atoms with E-state index in [2.05, 4.69) is 21.5 Å². The van der Waals surface area contributed by atoms with E-state index in [9.17, 15) is 0 Å². The summed E-state index contributed by atoms with van der Waals surface area (Å²) in [6.45, 7) is 3.90. The van der Waals surface area contributed by atoms with Crippen LogP contribution >= 0.6 is 12.2 Å². The Hall–Kier alpha value is -1.81. The fourth-order valence-corrected chi connectivity index (χ4v) is 1.90. The van der Waals surface area contributed by atoms with Crippen LogP contribution in [-0.4, -0.2) is 9.97 Å². The Kier molecular flexibility index (Phi) is 1.61. The highest BCUT2D eigenvalue weighted by molar-refractivity contribution is 7.71. The van der Waals surface area contributed by atoms with Crippen molar-refractivity contribution in [1.82, 2.24) is 9.97 Å². The zero-order valence-electron chi connectivity index (χ0n) is 7.82. The second kappa shape index (κ2) is 2.84. The Bertz CT molecular complexity index is 715. The first-order valence-corrected chi connectivity index (χ1v) is 4.92. The SMILES string of the molecule is C=c1ccc2c(c1)-c1[nH]cnc(=S)c1N=2. The summed E-state index contributed by atoms with van der Waals surface area (Å²) < 4.78 is 0.533. The average Bonchev–Trinajstić information content (AvgIpc) is 2.58. The molecule has 1 N–H and O–H groups in total. The summed E-state index contributed by atoms with van der Waals surface area (Å²) in [5.74, 6) is 0. The summed E-state index contributed by atoms with van der Waals surface area (Å²) in [4.78, 5) is 11.5. The van der Waals surface area contributed by atoms with Crippen LogP contribution < -0.4 is 10.6 Å². The molecule has 2 aromatic rings. The smallest absolute Gasteiger partial charge is 0.155 e. The summed E-state index contributed by atoms with van der Waals surface area (Å²) in [7, 11) is 0. The predicted octanol–water partition coefficient (Wildman–Crippen LogP) is 1.48. The molecule has 0 saturated heterocycles. The third-order valence-corrected chi connectivity index (χ3v) is 2.69. The fourth-order valence-electron chi connectivity index (χ4n) is 1.70. The Labute approximate surface area is 90.9 Å². The molecule has 72 valence electrons. The van der Waals surface area contributed by atoms with Gasteiger partial charge < -0.3 is 4.98 Å². The van der Waals surface area contributed by atoms with Crippen molar-refractivity contribution in [3.05, 3.63) is 39.7 Å². The van der Waals surface area contributed by atoms with Crippen molar-refractivity contribution in [2.45, 2.75) is 0 Å². The van der Waals surface area contributed by atoms with Crippen LogP contribution in [0.25, 0.3) is 17.8 Å². The van der Waals surface area contributed by atoms with Gasteiger partial charge in [-0.05, 0) is 17.4 Å². The maximum Gasteiger partial charge on any atom is 0.155 e. The summed E-state index contributed by atoms with van der Waals surface area (Å²) in [5, 5.41) is 1.89. The number of nitrogens with one attached hydrogen (secondary N) is 1. The number of hydrogen-bond acceptors (Lipinski definition) is 3. The van der Waals surface area contributed by atoms with Crippen molar-refractivity contribution in [2.24, 2.45) is 4.99 Å². The molecule has 3 rings (SSSR count). The topological polar surface area (TPSA) is 41.0 Å². The third kappa shape index (κ3) is 1.15. The number of benzene rings is 1. The number of H-pyrrole nitrogens is 1. The van der Waals surface area contributed by atoms with Crippen molar-refractivity contribution in [3.63, 3.8) is 0 Å². The van der Waals surface area contributed by atoms with Crippen LogP contribution in [0.4, 0.5) is 5.69 Å². The molecule has 0 fully saturated rings. The van der Waals surface area contributed by atoms with Gasteiger partial charge in [-0.3, -0.25) is 0 Å². The van der Waals surface area contributed by atoms with Gasteiger partial charge in [0.25, 0.3) is 0 Å². The highest BCUT2D eigenvalue weighted by Gasteiger charge is 2.14. The first kappa shape index (κ1) is 8.49. The van der Waals surface area contributed by atoms with Gasteiger partial charge in [-0.15, -0.1) is 0 Å². The molecule has 0 amide bonds. The van der Waals surface area contributed by atoms with Gasteiger partial charge in [0.15, 0.2) is 4.64 Å². The zero-order valence-corrected chi connectivity index (χ0v) is 8.64. The largest absolute Gasteiger partial charge is 0.344 e. The number of aromatic nitrogens is 2. The maximum absolute atomic E-state index is 5.12. The summed E-state index contributed by atoms with van der Waals surface area (Å²) >= 11 is 5.12. The minimum atomic E-state index is 0.533. The lowest BCUT2D eigenvalue weighted by Gasteiger charge is -1.97. The number of rotatable bonds is 0. The van der Waals surface area contributed by atoms with E-state index in [-0.39, 0.29) is 0 Å². The lowest BCUT2D eigenvalue weighted by atomic mass is 10.1. The Balaban J connectivity index is 2.51. The van der Waals surface area contributed by atoms with Crippen LogP contribution in [0.3, 0.4) is 0 Å². The molecule has 0 saturated carbocycles. The summed E-state index contributed by atoms with van der Waals surface area (Å²) in [6, 6.07) is 5.88. The molecular weight excluding hydrogens is 206 g/mol. The summed E-state index contributed by atoms with van der Waals surface area (Å²) in [5.41, 5.74) is 2.75. The lowest BCUT2D eigenvalue weighted by molar-refractivity contribution is 1.16. The second-order valence-corrected chi connectivity index (χ2v) is 3.78. The van der Waals surface area contributed by atoms with Gasteiger partial charge in [-0.2, -0.15) is 0 Å². The molecule has 15 heavy (non-hydrogen) atoms. The summed E-state index contributed by atoms with van der Waals surface area (Å²) in [6.07, 6.45) is 1.60. The molecule has 4 heteroatoms. The zero-order chi connectivity index (χ0) is 10.4. The van der Waals surface area contributed by atoms with Gasteiger partial charge in [0, 0.05) is 5.56 Å². The van der Waals surface area contributed by atoms with Gasteiger partial charge in [0.1, 0.15) is 5.69 Å². The fraction of sp³-hybridized carbons (Fsp3) is 0. The number of nitrogens with zero attached hydrogens (tertiary/aromatic N) is 2. The molecule has 0 radical (unpaired) electrons. The maximum atomic E-state index is 5.12. The minimum absolute atomic E-state index is 0.533.